The summed E-state index contributed by atoms with van der Waals surface area (Å²) in [7, 11) is 6.20. The molecule has 1 heterocycles. The summed E-state index contributed by atoms with van der Waals surface area (Å²) < 4.78 is 0. The quantitative estimate of drug-likeness (QED) is 0.809. The van der Waals surface area contributed by atoms with Crippen LogP contribution in [0.3, 0.4) is 0 Å². The van der Waals surface area contributed by atoms with Crippen LogP contribution in [0.4, 0.5) is 5.69 Å². The number of nitrogens with zero attached hydrogens (tertiary/aromatic N) is 3. The molecular formula is C17H28N4S. The van der Waals surface area contributed by atoms with Gasteiger partial charge in [0.05, 0.1) is 0 Å². The second kappa shape index (κ2) is 8.34. The standard InChI is InChI=1S/C17H28N4S/c1-19(2)13-10-18-17(22)20(3)14-15-8-4-5-9-16(15)21-11-6-7-12-21/h4-5,8-9H,6-7,10-14H2,1-3H3,(H,18,22). The number of thiocarbonyl (C=S) groups is 1. The van der Waals surface area contributed by atoms with E-state index < -0.39 is 0 Å². The molecule has 1 aromatic carbocycles. The fourth-order valence-electron chi connectivity index (χ4n) is 2.76. The summed E-state index contributed by atoms with van der Waals surface area (Å²) in [6, 6.07) is 8.69. The highest BCUT2D eigenvalue weighted by molar-refractivity contribution is 7.80. The zero-order valence-corrected chi connectivity index (χ0v) is 14.8. The number of rotatable bonds is 6. The second-order valence-corrected chi connectivity index (χ2v) is 6.60. The van der Waals surface area contributed by atoms with Gasteiger partial charge in [0.1, 0.15) is 0 Å². The molecular weight excluding hydrogens is 292 g/mol. The average Bonchev–Trinajstić information content (AvgIpc) is 3.01. The fourth-order valence-corrected chi connectivity index (χ4v) is 2.93. The lowest BCUT2D eigenvalue weighted by Gasteiger charge is -2.26. The van der Waals surface area contributed by atoms with Gasteiger partial charge in [-0.15, -0.1) is 0 Å². The van der Waals surface area contributed by atoms with Gasteiger partial charge in [-0.2, -0.15) is 0 Å². The van der Waals surface area contributed by atoms with Crippen molar-refractivity contribution >= 4 is 23.0 Å². The van der Waals surface area contributed by atoms with Crippen molar-refractivity contribution < 1.29 is 0 Å². The summed E-state index contributed by atoms with van der Waals surface area (Å²) in [6.07, 6.45) is 2.60. The Kier molecular flexibility index (Phi) is 6.46. The monoisotopic (exact) mass is 320 g/mol. The zero-order valence-electron chi connectivity index (χ0n) is 14.0. The normalized spacial score (nSPS) is 14.5. The molecule has 22 heavy (non-hydrogen) atoms. The van der Waals surface area contributed by atoms with E-state index in [1.54, 1.807) is 0 Å². The third-order valence-electron chi connectivity index (χ3n) is 4.03. The molecule has 1 aromatic rings. The molecule has 2 rings (SSSR count). The number of para-hydroxylation sites is 1. The number of hydrogen-bond acceptors (Lipinski definition) is 3. The molecule has 1 fully saturated rings. The van der Waals surface area contributed by atoms with Crippen molar-refractivity contribution in [3.8, 4) is 0 Å². The van der Waals surface area contributed by atoms with E-state index in [1.807, 2.05) is 0 Å². The molecule has 0 atom stereocenters. The van der Waals surface area contributed by atoms with Crippen LogP contribution in [0.25, 0.3) is 0 Å². The van der Waals surface area contributed by atoms with Crippen molar-refractivity contribution in [2.24, 2.45) is 0 Å². The summed E-state index contributed by atoms with van der Waals surface area (Å²) in [5.41, 5.74) is 2.71. The van der Waals surface area contributed by atoms with Crippen molar-refractivity contribution in [1.29, 1.82) is 0 Å². The van der Waals surface area contributed by atoms with E-state index in [2.05, 4.69) is 65.4 Å². The van der Waals surface area contributed by atoms with Crippen molar-refractivity contribution in [3.63, 3.8) is 0 Å². The Morgan fingerprint density at radius 3 is 2.55 bits per heavy atom. The maximum absolute atomic E-state index is 5.49. The minimum absolute atomic E-state index is 0.818. The van der Waals surface area contributed by atoms with Gasteiger partial charge in [0.25, 0.3) is 0 Å². The van der Waals surface area contributed by atoms with E-state index >= 15 is 0 Å². The number of likely N-dealkylation sites (N-methyl/N-ethyl adjacent to an activating group) is 1. The van der Waals surface area contributed by atoms with Crippen LogP contribution in [0, 0.1) is 0 Å². The van der Waals surface area contributed by atoms with Crippen LogP contribution in [0.2, 0.25) is 0 Å². The highest BCUT2D eigenvalue weighted by atomic mass is 32.1. The highest BCUT2D eigenvalue weighted by Crippen LogP contribution is 2.25. The van der Waals surface area contributed by atoms with Gasteiger partial charge in [-0.1, -0.05) is 18.2 Å². The second-order valence-electron chi connectivity index (χ2n) is 6.21. The van der Waals surface area contributed by atoms with Gasteiger partial charge in [0.2, 0.25) is 0 Å². The first-order chi connectivity index (χ1) is 10.6. The molecule has 1 aliphatic heterocycles. The predicted molar refractivity (Wildman–Crippen MR) is 98.5 cm³/mol. The van der Waals surface area contributed by atoms with Gasteiger partial charge in [0.15, 0.2) is 5.11 Å². The van der Waals surface area contributed by atoms with Crippen molar-refractivity contribution in [3.05, 3.63) is 29.8 Å². The van der Waals surface area contributed by atoms with E-state index in [-0.39, 0.29) is 0 Å². The van der Waals surface area contributed by atoms with Gasteiger partial charge in [-0.25, -0.2) is 0 Å². The minimum atomic E-state index is 0.818. The zero-order chi connectivity index (χ0) is 15.9. The van der Waals surface area contributed by atoms with E-state index in [4.69, 9.17) is 12.2 Å². The topological polar surface area (TPSA) is 21.8 Å². The fraction of sp³-hybridized carbons (Fsp3) is 0.588. The predicted octanol–water partition coefficient (Wildman–Crippen LogP) is 2.15. The van der Waals surface area contributed by atoms with Crippen LogP contribution in [-0.4, -0.2) is 62.2 Å². The number of nitrogens with one attached hydrogen (secondary N) is 1. The van der Waals surface area contributed by atoms with E-state index in [9.17, 15) is 0 Å². The molecule has 0 aromatic heterocycles. The molecule has 1 aliphatic rings. The molecule has 0 bridgehead atoms. The Labute approximate surface area is 140 Å². The lowest BCUT2D eigenvalue weighted by atomic mass is 10.1. The van der Waals surface area contributed by atoms with Crippen molar-refractivity contribution in [1.82, 2.24) is 15.1 Å². The first-order valence-electron chi connectivity index (χ1n) is 8.04. The Balaban J connectivity index is 1.93. The summed E-state index contributed by atoms with van der Waals surface area (Å²) in [4.78, 5) is 6.77. The Morgan fingerprint density at radius 2 is 1.86 bits per heavy atom. The van der Waals surface area contributed by atoms with Crippen LogP contribution in [0.5, 0.6) is 0 Å². The Hall–Kier alpha value is -1.33. The molecule has 0 aliphatic carbocycles. The van der Waals surface area contributed by atoms with Crippen LogP contribution in [-0.2, 0) is 6.54 Å². The lowest BCUT2D eigenvalue weighted by Crippen LogP contribution is -2.39. The summed E-state index contributed by atoms with van der Waals surface area (Å²) in [6.45, 7) is 5.06. The lowest BCUT2D eigenvalue weighted by molar-refractivity contribution is 0.406. The van der Waals surface area contributed by atoms with Crippen LogP contribution < -0.4 is 10.2 Å². The van der Waals surface area contributed by atoms with Gasteiger partial charge >= 0.3 is 0 Å². The molecule has 0 amide bonds. The summed E-state index contributed by atoms with van der Waals surface area (Å²) >= 11 is 5.49. The van der Waals surface area contributed by atoms with Gasteiger partial charge in [-0.3, -0.25) is 0 Å². The third-order valence-corrected chi connectivity index (χ3v) is 4.48. The molecule has 0 saturated carbocycles. The van der Waals surface area contributed by atoms with Crippen molar-refractivity contribution in [2.45, 2.75) is 19.4 Å². The Morgan fingerprint density at radius 1 is 1.18 bits per heavy atom. The molecule has 0 unspecified atom stereocenters. The minimum Gasteiger partial charge on any atom is -0.371 e. The van der Waals surface area contributed by atoms with Gasteiger partial charge in [0, 0.05) is 45.5 Å². The molecule has 5 heteroatoms. The average molecular weight is 321 g/mol. The van der Waals surface area contributed by atoms with Gasteiger partial charge in [-0.05, 0) is 50.8 Å². The van der Waals surface area contributed by atoms with Crippen molar-refractivity contribution in [2.75, 3.05) is 52.2 Å². The van der Waals surface area contributed by atoms with E-state index in [1.165, 1.54) is 37.2 Å². The van der Waals surface area contributed by atoms with Crippen LogP contribution >= 0.6 is 12.2 Å². The molecule has 4 nitrogen and oxygen atoms in total. The number of anilines is 1. The molecule has 122 valence electrons. The largest absolute Gasteiger partial charge is 0.371 e. The van der Waals surface area contributed by atoms with Gasteiger partial charge < -0.3 is 20.0 Å². The first kappa shape index (κ1) is 17.0. The molecule has 0 radical (unpaired) electrons. The number of hydrogen-bond donors (Lipinski definition) is 1. The summed E-state index contributed by atoms with van der Waals surface area (Å²) in [5.74, 6) is 0. The third kappa shape index (κ3) is 4.85. The molecule has 1 N–H and O–H groups in total. The molecule has 0 spiro atoms. The molecule has 1 saturated heterocycles. The Bertz CT molecular complexity index is 483. The SMILES string of the molecule is CN(C)CCNC(=S)N(C)Cc1ccccc1N1CCCC1. The van der Waals surface area contributed by atoms with E-state index in [0.717, 1.165) is 24.7 Å². The van der Waals surface area contributed by atoms with Crippen LogP contribution in [0.15, 0.2) is 24.3 Å². The smallest absolute Gasteiger partial charge is 0.169 e. The first-order valence-corrected chi connectivity index (χ1v) is 8.45. The number of benzene rings is 1. The highest BCUT2D eigenvalue weighted by Gasteiger charge is 2.16. The van der Waals surface area contributed by atoms with Crippen LogP contribution in [0.1, 0.15) is 18.4 Å². The summed E-state index contributed by atoms with van der Waals surface area (Å²) in [5, 5.41) is 4.14. The maximum Gasteiger partial charge on any atom is 0.169 e. The maximum atomic E-state index is 5.49. The van der Waals surface area contributed by atoms with E-state index in [0.29, 0.717) is 0 Å².